The summed E-state index contributed by atoms with van der Waals surface area (Å²) in [6, 6.07) is 38.2. The van der Waals surface area contributed by atoms with E-state index in [9.17, 15) is 8.78 Å². The van der Waals surface area contributed by atoms with Gasteiger partial charge in [-0.05, 0) is 60.8 Å². The first-order valence-electron chi connectivity index (χ1n) is 11.8. The fourth-order valence-electron chi connectivity index (χ4n) is 5.16. The van der Waals surface area contributed by atoms with Gasteiger partial charge in [-0.15, -0.1) is 0 Å². The molecule has 3 heteroatoms. The highest BCUT2D eigenvalue weighted by Crippen LogP contribution is 2.39. The second kappa shape index (κ2) is 8.94. The van der Waals surface area contributed by atoms with E-state index in [0.717, 1.165) is 11.6 Å². The standard InChI is InChI=1S/C20H12.C13H10F2O/c1-5-13-6-2-11-17-18-12-4-8-14-7-3-10-16(20(14)18)15(9-1)19(13)17;1-16-13-10(7-8-11(14)12(13)15)9-5-3-2-4-6-9/h1-12H;2-8H,1H3. The van der Waals surface area contributed by atoms with Crippen molar-refractivity contribution in [3.63, 3.8) is 0 Å². The van der Waals surface area contributed by atoms with Gasteiger partial charge in [0.05, 0.1) is 7.11 Å². The molecule has 0 atom stereocenters. The number of fused-ring (bicyclic) bond motifs is 2. The molecule has 0 fully saturated rings. The molecule has 0 spiro atoms. The minimum Gasteiger partial charge on any atom is -0.493 e. The maximum absolute atomic E-state index is 13.4. The molecule has 1 nitrogen and oxygen atoms in total. The van der Waals surface area contributed by atoms with Crippen molar-refractivity contribution in [1.29, 1.82) is 0 Å². The van der Waals surface area contributed by atoms with Crippen molar-refractivity contribution < 1.29 is 13.5 Å². The van der Waals surface area contributed by atoms with E-state index in [4.69, 9.17) is 4.74 Å². The molecule has 0 aliphatic rings. The monoisotopic (exact) mass is 472 g/mol. The molecule has 0 saturated heterocycles. The Labute approximate surface area is 207 Å². The number of hydrogen-bond acceptors (Lipinski definition) is 1. The van der Waals surface area contributed by atoms with Crippen molar-refractivity contribution in [2.24, 2.45) is 0 Å². The lowest BCUT2D eigenvalue weighted by atomic mass is 9.90. The van der Waals surface area contributed by atoms with Crippen LogP contribution in [0.1, 0.15) is 0 Å². The molecular formula is C33H22F2O. The van der Waals surface area contributed by atoms with Gasteiger partial charge in [0.2, 0.25) is 5.82 Å². The zero-order valence-corrected chi connectivity index (χ0v) is 19.6. The van der Waals surface area contributed by atoms with Crippen LogP contribution in [0.4, 0.5) is 8.78 Å². The highest BCUT2D eigenvalue weighted by atomic mass is 19.2. The van der Waals surface area contributed by atoms with Crippen LogP contribution in [0.5, 0.6) is 5.75 Å². The quantitative estimate of drug-likeness (QED) is 0.180. The first kappa shape index (κ1) is 22.0. The lowest BCUT2D eigenvalue weighted by molar-refractivity contribution is 0.373. The third kappa shape index (κ3) is 3.52. The number of rotatable bonds is 2. The van der Waals surface area contributed by atoms with E-state index in [-0.39, 0.29) is 5.75 Å². The van der Waals surface area contributed by atoms with E-state index in [1.165, 1.54) is 56.3 Å². The molecule has 7 rings (SSSR count). The van der Waals surface area contributed by atoms with Gasteiger partial charge in [-0.1, -0.05) is 103 Å². The predicted molar refractivity (Wildman–Crippen MR) is 146 cm³/mol. The summed E-state index contributed by atoms with van der Waals surface area (Å²) in [6.45, 7) is 0. The van der Waals surface area contributed by atoms with E-state index in [1.54, 1.807) is 0 Å². The zero-order chi connectivity index (χ0) is 24.6. The minimum absolute atomic E-state index is 0.0637. The van der Waals surface area contributed by atoms with Crippen LogP contribution in [0, 0.1) is 11.6 Å². The van der Waals surface area contributed by atoms with E-state index in [2.05, 4.69) is 72.8 Å². The van der Waals surface area contributed by atoms with Crippen LogP contribution in [-0.2, 0) is 0 Å². The smallest absolute Gasteiger partial charge is 0.201 e. The molecule has 0 radical (unpaired) electrons. The third-order valence-corrected chi connectivity index (χ3v) is 6.73. The van der Waals surface area contributed by atoms with Gasteiger partial charge in [-0.3, -0.25) is 0 Å². The van der Waals surface area contributed by atoms with Crippen molar-refractivity contribution in [2.75, 3.05) is 7.11 Å². The number of benzene rings is 7. The SMILES string of the molecule is COc1c(-c2ccccc2)ccc(F)c1F.c1cc2cccc3c4cccc5cccc(c(c1)c23)c54. The summed E-state index contributed by atoms with van der Waals surface area (Å²) in [7, 11) is 1.32. The van der Waals surface area contributed by atoms with Crippen LogP contribution >= 0.6 is 0 Å². The van der Waals surface area contributed by atoms with Crippen LogP contribution in [-0.4, -0.2) is 7.11 Å². The fourth-order valence-corrected chi connectivity index (χ4v) is 5.16. The summed E-state index contributed by atoms with van der Waals surface area (Å²) < 4.78 is 31.4. The van der Waals surface area contributed by atoms with Crippen molar-refractivity contribution in [2.45, 2.75) is 0 Å². The van der Waals surface area contributed by atoms with Gasteiger partial charge in [0, 0.05) is 5.56 Å². The summed E-state index contributed by atoms with van der Waals surface area (Å²) in [6.07, 6.45) is 0. The Kier molecular flexibility index (Phi) is 5.46. The Morgan fingerprint density at radius 3 is 1.42 bits per heavy atom. The molecule has 36 heavy (non-hydrogen) atoms. The maximum Gasteiger partial charge on any atom is 0.201 e. The van der Waals surface area contributed by atoms with Crippen LogP contribution in [0.3, 0.4) is 0 Å². The van der Waals surface area contributed by atoms with Gasteiger partial charge in [0.1, 0.15) is 0 Å². The molecule has 0 amide bonds. The Morgan fingerprint density at radius 2 is 0.972 bits per heavy atom. The number of ether oxygens (including phenoxy) is 1. The van der Waals surface area contributed by atoms with E-state index in [1.807, 2.05) is 30.3 Å². The topological polar surface area (TPSA) is 9.23 Å². The predicted octanol–water partition coefficient (Wildman–Crippen LogP) is 9.38. The third-order valence-electron chi connectivity index (χ3n) is 6.73. The first-order chi connectivity index (χ1) is 17.7. The Hall–Kier alpha value is -4.50. The Balaban J connectivity index is 0.000000138. The van der Waals surface area contributed by atoms with Crippen LogP contribution in [0.15, 0.2) is 115 Å². The number of methoxy groups -OCH3 is 1. The lowest BCUT2D eigenvalue weighted by Gasteiger charge is -2.13. The lowest BCUT2D eigenvalue weighted by Crippen LogP contribution is -1.95. The number of halogens is 2. The second-order valence-electron chi connectivity index (χ2n) is 8.73. The minimum atomic E-state index is -0.955. The molecule has 0 aliphatic heterocycles. The molecular weight excluding hydrogens is 450 g/mol. The summed E-state index contributed by atoms with van der Waals surface area (Å²) in [4.78, 5) is 0. The van der Waals surface area contributed by atoms with Crippen LogP contribution < -0.4 is 4.74 Å². The van der Waals surface area contributed by atoms with E-state index in [0.29, 0.717) is 5.56 Å². The van der Waals surface area contributed by atoms with Gasteiger partial charge in [0.25, 0.3) is 0 Å². The van der Waals surface area contributed by atoms with Gasteiger partial charge in [-0.25, -0.2) is 4.39 Å². The first-order valence-corrected chi connectivity index (χ1v) is 11.8. The molecule has 0 heterocycles. The van der Waals surface area contributed by atoms with E-state index < -0.39 is 11.6 Å². The molecule has 0 aromatic heterocycles. The fraction of sp³-hybridized carbons (Fsp3) is 0.0303. The highest BCUT2D eigenvalue weighted by Gasteiger charge is 2.15. The van der Waals surface area contributed by atoms with Gasteiger partial charge in [-0.2, -0.15) is 4.39 Å². The molecule has 174 valence electrons. The van der Waals surface area contributed by atoms with Crippen molar-refractivity contribution in [3.05, 3.63) is 127 Å². The molecule has 0 saturated carbocycles. The Morgan fingerprint density at radius 1 is 0.500 bits per heavy atom. The largest absolute Gasteiger partial charge is 0.493 e. The summed E-state index contributed by atoms with van der Waals surface area (Å²) >= 11 is 0. The maximum atomic E-state index is 13.4. The molecule has 7 aromatic carbocycles. The number of hydrogen-bond donors (Lipinski definition) is 0. The van der Waals surface area contributed by atoms with Crippen molar-refractivity contribution in [1.82, 2.24) is 0 Å². The molecule has 0 N–H and O–H groups in total. The van der Waals surface area contributed by atoms with Gasteiger partial charge >= 0.3 is 0 Å². The normalized spacial score (nSPS) is 11.2. The average molecular weight is 473 g/mol. The summed E-state index contributed by atoms with van der Waals surface area (Å²) in [5.74, 6) is -1.92. The van der Waals surface area contributed by atoms with E-state index >= 15 is 0 Å². The van der Waals surface area contributed by atoms with Gasteiger partial charge < -0.3 is 4.74 Å². The molecule has 0 unspecified atom stereocenters. The van der Waals surface area contributed by atoms with Crippen molar-refractivity contribution in [3.8, 4) is 16.9 Å². The Bertz CT molecular complexity index is 1670. The molecule has 0 bridgehead atoms. The average Bonchev–Trinajstić information content (AvgIpc) is 2.94. The second-order valence-corrected chi connectivity index (χ2v) is 8.73. The van der Waals surface area contributed by atoms with Gasteiger partial charge in [0.15, 0.2) is 11.6 Å². The summed E-state index contributed by atoms with van der Waals surface area (Å²) in [5.41, 5.74) is 1.33. The molecule has 0 aliphatic carbocycles. The van der Waals surface area contributed by atoms with Crippen molar-refractivity contribution >= 4 is 43.1 Å². The molecule has 7 aromatic rings. The zero-order valence-electron chi connectivity index (χ0n) is 19.6. The highest BCUT2D eigenvalue weighted by molar-refractivity contribution is 6.32. The van der Waals surface area contributed by atoms with Crippen LogP contribution in [0.25, 0.3) is 54.2 Å². The van der Waals surface area contributed by atoms with Crippen LogP contribution in [0.2, 0.25) is 0 Å². The summed E-state index contributed by atoms with van der Waals surface area (Å²) in [5, 5.41) is 10.9.